The van der Waals surface area contributed by atoms with Crippen LogP contribution in [0.2, 0.25) is 0 Å². The third-order valence-electron chi connectivity index (χ3n) is 5.10. The maximum absolute atomic E-state index is 4.71. The smallest absolute Gasteiger partial charge is 0.0624 e. The van der Waals surface area contributed by atoms with Gasteiger partial charge in [-0.05, 0) is 62.8 Å². The monoisotopic (exact) mass is 275 g/mol. The van der Waals surface area contributed by atoms with Gasteiger partial charge in [0.2, 0.25) is 0 Å². The number of hydrogen-bond donors (Lipinski definition) is 1. The highest BCUT2D eigenvalue weighted by Gasteiger charge is 2.42. The van der Waals surface area contributed by atoms with E-state index in [4.69, 9.17) is 5.10 Å². The quantitative estimate of drug-likeness (QED) is 0.789. The second-order valence-electron chi connectivity index (χ2n) is 7.06. The summed E-state index contributed by atoms with van der Waals surface area (Å²) >= 11 is 0. The molecule has 0 saturated heterocycles. The zero-order valence-electron chi connectivity index (χ0n) is 13.3. The summed E-state index contributed by atoms with van der Waals surface area (Å²) in [5.41, 5.74) is 3.10. The molecule has 0 spiro atoms. The zero-order chi connectivity index (χ0) is 14.2. The molecule has 1 aromatic heterocycles. The van der Waals surface area contributed by atoms with Crippen molar-refractivity contribution >= 4 is 0 Å². The van der Waals surface area contributed by atoms with Crippen LogP contribution in [-0.2, 0) is 19.4 Å². The maximum atomic E-state index is 4.71. The van der Waals surface area contributed by atoms with Crippen molar-refractivity contribution in [3.63, 3.8) is 0 Å². The van der Waals surface area contributed by atoms with Crippen molar-refractivity contribution < 1.29 is 0 Å². The Kier molecular flexibility index (Phi) is 3.89. The van der Waals surface area contributed by atoms with Crippen LogP contribution in [0.4, 0.5) is 0 Å². The van der Waals surface area contributed by atoms with Gasteiger partial charge < -0.3 is 5.32 Å². The number of aromatic nitrogens is 2. The van der Waals surface area contributed by atoms with E-state index in [0.717, 1.165) is 24.9 Å². The van der Waals surface area contributed by atoms with E-state index in [1.807, 2.05) is 0 Å². The van der Waals surface area contributed by atoms with Gasteiger partial charge in [0, 0.05) is 24.8 Å². The normalized spacial score (nSPS) is 21.9. The van der Waals surface area contributed by atoms with Crippen molar-refractivity contribution in [2.75, 3.05) is 6.54 Å². The first-order valence-corrected chi connectivity index (χ1v) is 8.43. The highest BCUT2D eigenvalue weighted by Crippen LogP contribution is 2.47. The lowest BCUT2D eigenvalue weighted by atomic mass is 9.80. The number of nitrogens with one attached hydrogen (secondary N) is 1. The van der Waals surface area contributed by atoms with Crippen molar-refractivity contribution in [2.24, 2.45) is 11.3 Å². The summed E-state index contributed by atoms with van der Waals surface area (Å²) in [6.07, 6.45) is 7.83. The molecule has 0 aliphatic heterocycles. The van der Waals surface area contributed by atoms with Gasteiger partial charge in [-0.2, -0.15) is 5.10 Å². The summed E-state index contributed by atoms with van der Waals surface area (Å²) in [4.78, 5) is 0. The SMILES string of the molecule is CCc1cc(CC(C)(CNC2CC2)C2CC2)n(CC)n1. The van der Waals surface area contributed by atoms with E-state index in [9.17, 15) is 0 Å². The molecule has 1 N–H and O–H groups in total. The maximum Gasteiger partial charge on any atom is 0.0624 e. The summed E-state index contributed by atoms with van der Waals surface area (Å²) in [6.45, 7) is 9.05. The Bertz CT molecular complexity index is 457. The van der Waals surface area contributed by atoms with Crippen molar-refractivity contribution in [3.05, 3.63) is 17.5 Å². The largest absolute Gasteiger partial charge is 0.313 e. The van der Waals surface area contributed by atoms with Gasteiger partial charge >= 0.3 is 0 Å². The molecule has 2 fully saturated rings. The lowest BCUT2D eigenvalue weighted by molar-refractivity contribution is 0.248. The fraction of sp³-hybridized carbons (Fsp3) is 0.824. The molecule has 1 atom stereocenters. The third kappa shape index (κ3) is 3.08. The number of hydrogen-bond acceptors (Lipinski definition) is 2. The van der Waals surface area contributed by atoms with E-state index >= 15 is 0 Å². The highest BCUT2D eigenvalue weighted by atomic mass is 15.3. The van der Waals surface area contributed by atoms with Gasteiger partial charge in [-0.3, -0.25) is 4.68 Å². The molecule has 1 unspecified atom stereocenters. The standard InChI is InChI=1S/C17H29N3/c1-4-14-10-16(20(5-2)19-14)11-17(3,13-6-7-13)12-18-15-8-9-15/h10,13,15,18H,4-9,11-12H2,1-3H3. The molecule has 112 valence electrons. The first kappa shape index (κ1) is 14.1. The Morgan fingerprint density at radius 2 is 2.05 bits per heavy atom. The molecule has 2 aliphatic carbocycles. The third-order valence-corrected chi connectivity index (χ3v) is 5.10. The number of rotatable bonds is 8. The number of nitrogens with zero attached hydrogens (tertiary/aromatic N) is 2. The van der Waals surface area contributed by atoms with Gasteiger partial charge in [0.15, 0.2) is 0 Å². The van der Waals surface area contributed by atoms with Crippen LogP contribution in [0.25, 0.3) is 0 Å². The molecule has 0 radical (unpaired) electrons. The van der Waals surface area contributed by atoms with Crippen LogP contribution in [0.3, 0.4) is 0 Å². The molecule has 2 aliphatic rings. The van der Waals surface area contributed by atoms with Crippen LogP contribution < -0.4 is 5.32 Å². The summed E-state index contributed by atoms with van der Waals surface area (Å²) in [7, 11) is 0. The van der Waals surface area contributed by atoms with E-state index < -0.39 is 0 Å². The molecular formula is C17H29N3. The van der Waals surface area contributed by atoms with Crippen LogP contribution in [-0.4, -0.2) is 22.4 Å². The fourth-order valence-corrected chi connectivity index (χ4v) is 3.31. The van der Waals surface area contributed by atoms with E-state index in [1.54, 1.807) is 0 Å². The molecule has 1 aromatic rings. The molecule has 0 aromatic carbocycles. The molecule has 0 bridgehead atoms. The Morgan fingerprint density at radius 3 is 2.60 bits per heavy atom. The zero-order valence-corrected chi connectivity index (χ0v) is 13.3. The molecule has 3 heteroatoms. The van der Waals surface area contributed by atoms with Gasteiger partial charge in [-0.1, -0.05) is 13.8 Å². The lowest BCUT2D eigenvalue weighted by Crippen LogP contribution is -2.37. The summed E-state index contributed by atoms with van der Waals surface area (Å²) in [6, 6.07) is 3.15. The first-order valence-electron chi connectivity index (χ1n) is 8.43. The van der Waals surface area contributed by atoms with E-state index in [2.05, 4.69) is 36.8 Å². The summed E-state index contributed by atoms with van der Waals surface area (Å²) < 4.78 is 2.22. The predicted octanol–water partition coefficient (Wildman–Crippen LogP) is 3.18. The Balaban J connectivity index is 1.72. The van der Waals surface area contributed by atoms with Crippen LogP contribution in [0.1, 0.15) is 57.8 Å². The Hall–Kier alpha value is -0.830. The summed E-state index contributed by atoms with van der Waals surface area (Å²) in [5, 5.41) is 8.48. The van der Waals surface area contributed by atoms with Crippen LogP contribution in [0.15, 0.2) is 6.07 Å². The average molecular weight is 275 g/mol. The molecule has 3 nitrogen and oxygen atoms in total. The molecule has 2 saturated carbocycles. The minimum absolute atomic E-state index is 0.417. The van der Waals surface area contributed by atoms with Gasteiger partial charge in [0.1, 0.15) is 0 Å². The van der Waals surface area contributed by atoms with Crippen molar-refractivity contribution in [3.8, 4) is 0 Å². The van der Waals surface area contributed by atoms with Crippen molar-refractivity contribution in [2.45, 2.75) is 71.9 Å². The van der Waals surface area contributed by atoms with Gasteiger partial charge in [0.05, 0.1) is 5.69 Å². The van der Waals surface area contributed by atoms with E-state index in [-0.39, 0.29) is 0 Å². The molecule has 3 rings (SSSR count). The summed E-state index contributed by atoms with van der Waals surface area (Å²) in [5.74, 6) is 0.916. The van der Waals surface area contributed by atoms with Crippen molar-refractivity contribution in [1.29, 1.82) is 0 Å². The van der Waals surface area contributed by atoms with Crippen LogP contribution in [0, 0.1) is 11.3 Å². The predicted molar refractivity (Wildman–Crippen MR) is 82.8 cm³/mol. The topological polar surface area (TPSA) is 29.9 Å². The van der Waals surface area contributed by atoms with Gasteiger partial charge in [0.25, 0.3) is 0 Å². The highest BCUT2D eigenvalue weighted by molar-refractivity contribution is 5.14. The van der Waals surface area contributed by atoms with E-state index in [1.165, 1.54) is 50.0 Å². The second-order valence-corrected chi connectivity index (χ2v) is 7.06. The minimum atomic E-state index is 0.417. The van der Waals surface area contributed by atoms with Gasteiger partial charge in [-0.15, -0.1) is 0 Å². The molecule has 1 heterocycles. The van der Waals surface area contributed by atoms with E-state index in [0.29, 0.717) is 5.41 Å². The first-order chi connectivity index (χ1) is 9.64. The number of aryl methyl sites for hydroxylation is 2. The lowest BCUT2D eigenvalue weighted by Gasteiger charge is -2.30. The molecular weight excluding hydrogens is 246 g/mol. The molecule has 20 heavy (non-hydrogen) atoms. The van der Waals surface area contributed by atoms with Crippen LogP contribution >= 0.6 is 0 Å². The second kappa shape index (κ2) is 5.51. The fourth-order valence-electron chi connectivity index (χ4n) is 3.31. The van der Waals surface area contributed by atoms with Crippen LogP contribution in [0.5, 0.6) is 0 Å². The Labute approximate surface area is 123 Å². The average Bonchev–Trinajstić information content (AvgIpc) is 3.34. The van der Waals surface area contributed by atoms with Gasteiger partial charge in [-0.25, -0.2) is 0 Å². The molecule has 0 amide bonds. The Morgan fingerprint density at radius 1 is 1.30 bits per heavy atom. The van der Waals surface area contributed by atoms with Crippen molar-refractivity contribution in [1.82, 2.24) is 15.1 Å². The minimum Gasteiger partial charge on any atom is -0.313 e.